The summed E-state index contributed by atoms with van der Waals surface area (Å²) in [5.74, 6) is 0. The molecule has 90 valence electrons. The van der Waals surface area contributed by atoms with E-state index >= 15 is 0 Å². The second-order valence-corrected chi connectivity index (χ2v) is 5.12. The normalized spacial score (nSPS) is 15.8. The lowest BCUT2D eigenvalue weighted by Gasteiger charge is -2.32. The van der Waals surface area contributed by atoms with E-state index < -0.39 is 6.10 Å². The van der Waals surface area contributed by atoms with Gasteiger partial charge in [-0.2, -0.15) is 5.10 Å². The monoisotopic (exact) mass is 223 g/mol. The van der Waals surface area contributed by atoms with Gasteiger partial charge >= 0.3 is 0 Å². The molecule has 1 heterocycles. The molecule has 1 N–H and O–H groups in total. The Hall–Kier alpha value is -1.16. The Morgan fingerprint density at radius 1 is 1.50 bits per heavy atom. The van der Waals surface area contributed by atoms with Gasteiger partial charge in [0.1, 0.15) is 12.7 Å². The number of nitrogens with zero attached hydrogens (tertiary/aromatic N) is 3. The van der Waals surface area contributed by atoms with Gasteiger partial charge in [-0.05, 0) is 18.3 Å². The molecule has 0 aliphatic carbocycles. The highest BCUT2D eigenvalue weighted by Gasteiger charge is 2.31. The van der Waals surface area contributed by atoms with Gasteiger partial charge in [-0.25, -0.2) is 9.67 Å². The number of hydrogen-bond acceptors (Lipinski definition) is 3. The van der Waals surface area contributed by atoms with Crippen LogP contribution in [0.1, 0.15) is 39.7 Å². The fourth-order valence-corrected chi connectivity index (χ4v) is 1.69. The molecule has 0 radical (unpaired) electrons. The average Bonchev–Trinajstić information content (AvgIpc) is 2.70. The van der Waals surface area contributed by atoms with Crippen LogP contribution in [-0.2, 0) is 0 Å². The number of hydrogen-bond donors (Lipinski definition) is 1. The number of aliphatic hydroxyl groups excluding tert-OH is 1. The Morgan fingerprint density at radius 3 is 2.62 bits per heavy atom. The van der Waals surface area contributed by atoms with E-state index in [1.165, 1.54) is 6.33 Å². The smallest absolute Gasteiger partial charge is 0.137 e. The van der Waals surface area contributed by atoms with Crippen molar-refractivity contribution in [2.75, 3.05) is 0 Å². The second-order valence-electron chi connectivity index (χ2n) is 5.12. The first kappa shape index (κ1) is 12.9. The number of aliphatic hydroxyl groups is 1. The van der Waals surface area contributed by atoms with Crippen molar-refractivity contribution in [2.24, 2.45) is 5.41 Å². The summed E-state index contributed by atoms with van der Waals surface area (Å²) in [5, 5.41) is 14.4. The molecule has 0 spiro atoms. The summed E-state index contributed by atoms with van der Waals surface area (Å²) in [7, 11) is 0. The molecular weight excluding hydrogens is 202 g/mol. The maximum atomic E-state index is 10.3. The summed E-state index contributed by atoms with van der Waals surface area (Å²) in [6, 6.07) is -0.0412. The predicted molar refractivity (Wildman–Crippen MR) is 64.0 cm³/mol. The lowest BCUT2D eigenvalue weighted by atomic mass is 9.83. The van der Waals surface area contributed by atoms with E-state index in [1.807, 2.05) is 26.8 Å². The summed E-state index contributed by atoms with van der Waals surface area (Å²) in [6.45, 7) is 9.78. The lowest BCUT2D eigenvalue weighted by molar-refractivity contribution is 0.00967. The fourth-order valence-electron chi connectivity index (χ4n) is 1.69. The quantitative estimate of drug-likeness (QED) is 0.778. The summed E-state index contributed by atoms with van der Waals surface area (Å²) in [5.41, 5.74) is -0.169. The third-order valence-electron chi connectivity index (χ3n) is 2.69. The molecule has 16 heavy (non-hydrogen) atoms. The van der Waals surface area contributed by atoms with Crippen molar-refractivity contribution >= 4 is 0 Å². The van der Waals surface area contributed by atoms with Gasteiger partial charge in [0.05, 0.1) is 12.1 Å². The first-order valence-electron chi connectivity index (χ1n) is 5.60. The van der Waals surface area contributed by atoms with Crippen LogP contribution in [0.15, 0.2) is 25.3 Å². The highest BCUT2D eigenvalue weighted by Crippen LogP contribution is 2.30. The zero-order valence-electron chi connectivity index (χ0n) is 10.3. The highest BCUT2D eigenvalue weighted by atomic mass is 16.3. The van der Waals surface area contributed by atoms with Gasteiger partial charge in [0, 0.05) is 0 Å². The van der Waals surface area contributed by atoms with Crippen LogP contribution in [-0.4, -0.2) is 26.0 Å². The molecule has 2 unspecified atom stereocenters. The SMILES string of the molecule is C=CCCC(C(O)C(C)(C)C)n1cncn1. The molecule has 1 aromatic rings. The average molecular weight is 223 g/mol. The summed E-state index contributed by atoms with van der Waals surface area (Å²) in [6.07, 6.45) is 6.25. The minimum absolute atomic E-state index is 0.0412. The van der Waals surface area contributed by atoms with Crippen molar-refractivity contribution in [1.82, 2.24) is 14.8 Å². The van der Waals surface area contributed by atoms with E-state index in [9.17, 15) is 5.11 Å². The zero-order valence-corrected chi connectivity index (χ0v) is 10.3. The predicted octanol–water partition coefficient (Wildman–Crippen LogP) is 2.19. The minimum atomic E-state index is -0.450. The molecule has 1 aromatic heterocycles. The van der Waals surface area contributed by atoms with E-state index in [-0.39, 0.29) is 11.5 Å². The van der Waals surface area contributed by atoms with Gasteiger partial charge < -0.3 is 5.11 Å². The zero-order chi connectivity index (χ0) is 12.2. The maximum Gasteiger partial charge on any atom is 0.137 e. The van der Waals surface area contributed by atoms with Crippen molar-refractivity contribution in [1.29, 1.82) is 0 Å². The van der Waals surface area contributed by atoms with Crippen molar-refractivity contribution in [3.63, 3.8) is 0 Å². The molecule has 2 atom stereocenters. The molecule has 4 nitrogen and oxygen atoms in total. The molecule has 4 heteroatoms. The van der Waals surface area contributed by atoms with Crippen LogP contribution in [0.2, 0.25) is 0 Å². The summed E-state index contributed by atoms with van der Waals surface area (Å²) in [4.78, 5) is 3.93. The summed E-state index contributed by atoms with van der Waals surface area (Å²) < 4.78 is 1.74. The Balaban J connectivity index is 2.83. The second kappa shape index (κ2) is 5.25. The van der Waals surface area contributed by atoms with Gasteiger partial charge in [0.15, 0.2) is 0 Å². The van der Waals surface area contributed by atoms with Crippen molar-refractivity contribution in [3.05, 3.63) is 25.3 Å². The first-order valence-corrected chi connectivity index (χ1v) is 5.60. The van der Waals surface area contributed by atoms with Crippen LogP contribution < -0.4 is 0 Å². The van der Waals surface area contributed by atoms with E-state index in [0.29, 0.717) is 0 Å². The van der Waals surface area contributed by atoms with Crippen LogP contribution in [0.3, 0.4) is 0 Å². The van der Waals surface area contributed by atoms with E-state index in [0.717, 1.165) is 12.8 Å². The molecule has 0 aliphatic rings. The van der Waals surface area contributed by atoms with Gasteiger partial charge in [-0.3, -0.25) is 0 Å². The van der Waals surface area contributed by atoms with Crippen LogP contribution in [0.25, 0.3) is 0 Å². The summed E-state index contributed by atoms with van der Waals surface area (Å²) >= 11 is 0. The van der Waals surface area contributed by atoms with Crippen LogP contribution >= 0.6 is 0 Å². The lowest BCUT2D eigenvalue weighted by Crippen LogP contribution is -2.35. The molecule has 0 bridgehead atoms. The van der Waals surface area contributed by atoms with Crippen molar-refractivity contribution in [2.45, 2.75) is 45.8 Å². The number of rotatable bonds is 5. The van der Waals surface area contributed by atoms with Gasteiger partial charge in [-0.1, -0.05) is 26.8 Å². The molecule has 0 amide bonds. The van der Waals surface area contributed by atoms with E-state index in [1.54, 1.807) is 11.0 Å². The van der Waals surface area contributed by atoms with Crippen molar-refractivity contribution < 1.29 is 5.11 Å². The standard InChI is InChI=1S/C12H21N3O/c1-5-6-7-10(11(16)12(2,3)4)15-9-13-8-14-15/h5,8-11,16H,1,6-7H2,2-4H3. The van der Waals surface area contributed by atoms with Gasteiger partial charge in [-0.15, -0.1) is 6.58 Å². The Bertz CT molecular complexity index is 314. The number of aromatic nitrogens is 3. The highest BCUT2D eigenvalue weighted by molar-refractivity contribution is 4.85. The van der Waals surface area contributed by atoms with Crippen LogP contribution in [0, 0.1) is 5.41 Å². The van der Waals surface area contributed by atoms with Gasteiger partial charge in [0.25, 0.3) is 0 Å². The van der Waals surface area contributed by atoms with Crippen LogP contribution in [0.5, 0.6) is 0 Å². The fraction of sp³-hybridized carbons (Fsp3) is 0.667. The van der Waals surface area contributed by atoms with E-state index in [4.69, 9.17) is 0 Å². The Labute approximate surface area is 97.0 Å². The third kappa shape index (κ3) is 3.17. The molecule has 0 saturated heterocycles. The largest absolute Gasteiger partial charge is 0.390 e. The third-order valence-corrected chi connectivity index (χ3v) is 2.69. The molecule has 1 rings (SSSR count). The maximum absolute atomic E-state index is 10.3. The molecular formula is C12H21N3O. The molecule has 0 aliphatic heterocycles. The minimum Gasteiger partial charge on any atom is -0.390 e. The molecule has 0 fully saturated rings. The van der Waals surface area contributed by atoms with Crippen LogP contribution in [0.4, 0.5) is 0 Å². The Kier molecular flexibility index (Phi) is 4.24. The number of allylic oxidation sites excluding steroid dienone is 1. The van der Waals surface area contributed by atoms with Crippen molar-refractivity contribution in [3.8, 4) is 0 Å². The topological polar surface area (TPSA) is 50.9 Å². The molecule has 0 aromatic carbocycles. The Morgan fingerprint density at radius 2 is 2.19 bits per heavy atom. The van der Waals surface area contributed by atoms with E-state index in [2.05, 4.69) is 16.7 Å². The molecule has 0 saturated carbocycles. The van der Waals surface area contributed by atoms with Gasteiger partial charge in [0.2, 0.25) is 0 Å². The first-order chi connectivity index (χ1) is 7.46.